The summed E-state index contributed by atoms with van der Waals surface area (Å²) in [6, 6.07) is 14.7. The second-order valence-corrected chi connectivity index (χ2v) is 6.53. The van der Waals surface area contributed by atoms with Gasteiger partial charge in [0.05, 0.1) is 17.3 Å². The molecule has 1 heterocycles. The number of hydrogen-bond donors (Lipinski definition) is 1. The highest BCUT2D eigenvalue weighted by atomic mass is 35.5. The number of ether oxygens (including phenoxy) is 2. The number of benzene rings is 2. The SMILES string of the molecule is CCOc1ccc(-c2csc(NC(=O)COc3ccccc3Cl)n2)cc1. The zero-order chi connectivity index (χ0) is 18.4. The van der Waals surface area contributed by atoms with Crippen molar-refractivity contribution in [3.05, 3.63) is 58.9 Å². The molecule has 0 unspecified atom stereocenters. The first-order valence-electron chi connectivity index (χ1n) is 8.01. The number of anilines is 1. The molecule has 26 heavy (non-hydrogen) atoms. The van der Waals surface area contributed by atoms with Gasteiger partial charge in [0.1, 0.15) is 11.5 Å². The largest absolute Gasteiger partial charge is 0.494 e. The molecule has 0 aliphatic heterocycles. The van der Waals surface area contributed by atoms with E-state index in [0.29, 0.717) is 22.5 Å². The number of carbonyl (C=O) groups excluding carboxylic acids is 1. The molecule has 0 spiro atoms. The first-order valence-corrected chi connectivity index (χ1v) is 9.27. The van der Waals surface area contributed by atoms with E-state index in [0.717, 1.165) is 17.0 Å². The molecular formula is C19H17ClN2O3S. The van der Waals surface area contributed by atoms with Gasteiger partial charge >= 0.3 is 0 Å². The number of carbonyl (C=O) groups is 1. The predicted molar refractivity (Wildman–Crippen MR) is 104 cm³/mol. The summed E-state index contributed by atoms with van der Waals surface area (Å²) in [5, 5.41) is 5.60. The summed E-state index contributed by atoms with van der Waals surface area (Å²) in [4.78, 5) is 16.5. The number of hydrogen-bond acceptors (Lipinski definition) is 5. The van der Waals surface area contributed by atoms with Crippen LogP contribution in [0.2, 0.25) is 5.02 Å². The number of rotatable bonds is 7. The Labute approximate surface area is 160 Å². The summed E-state index contributed by atoms with van der Waals surface area (Å²) in [5.74, 6) is 0.993. The van der Waals surface area contributed by atoms with Crippen molar-refractivity contribution in [1.82, 2.24) is 4.98 Å². The second-order valence-electron chi connectivity index (χ2n) is 5.26. The third-order valence-corrected chi connectivity index (χ3v) is 4.48. The summed E-state index contributed by atoms with van der Waals surface area (Å²) in [7, 11) is 0. The van der Waals surface area contributed by atoms with Gasteiger partial charge in [-0.25, -0.2) is 4.98 Å². The summed E-state index contributed by atoms with van der Waals surface area (Å²) >= 11 is 7.35. The minimum atomic E-state index is -0.294. The molecule has 0 atom stereocenters. The van der Waals surface area contributed by atoms with Crippen molar-refractivity contribution in [2.75, 3.05) is 18.5 Å². The average molecular weight is 389 g/mol. The minimum Gasteiger partial charge on any atom is -0.494 e. The normalized spacial score (nSPS) is 10.4. The molecule has 0 saturated carbocycles. The molecule has 0 aliphatic rings. The van der Waals surface area contributed by atoms with Crippen LogP contribution in [0.15, 0.2) is 53.9 Å². The van der Waals surface area contributed by atoms with Gasteiger partial charge < -0.3 is 9.47 Å². The lowest BCUT2D eigenvalue weighted by molar-refractivity contribution is -0.118. The molecule has 1 N–H and O–H groups in total. The Bertz CT molecular complexity index is 881. The highest BCUT2D eigenvalue weighted by molar-refractivity contribution is 7.14. The molecule has 2 aromatic carbocycles. The lowest BCUT2D eigenvalue weighted by Crippen LogP contribution is -2.20. The van der Waals surface area contributed by atoms with E-state index in [-0.39, 0.29) is 12.5 Å². The Morgan fingerprint density at radius 2 is 1.92 bits per heavy atom. The first-order chi connectivity index (χ1) is 12.7. The van der Waals surface area contributed by atoms with Gasteiger partial charge in [0.15, 0.2) is 11.7 Å². The van der Waals surface area contributed by atoms with Crippen LogP contribution in [0, 0.1) is 0 Å². The quantitative estimate of drug-likeness (QED) is 0.626. The first kappa shape index (κ1) is 18.2. The highest BCUT2D eigenvalue weighted by Crippen LogP contribution is 2.27. The number of nitrogens with one attached hydrogen (secondary N) is 1. The number of thiazole rings is 1. The minimum absolute atomic E-state index is 0.137. The third-order valence-electron chi connectivity index (χ3n) is 3.41. The predicted octanol–water partition coefficient (Wildman–Crippen LogP) is 4.88. The van der Waals surface area contributed by atoms with Gasteiger partial charge in [-0.3, -0.25) is 10.1 Å². The lowest BCUT2D eigenvalue weighted by atomic mass is 10.2. The molecule has 0 radical (unpaired) electrons. The van der Waals surface area contributed by atoms with Crippen molar-refractivity contribution in [3.63, 3.8) is 0 Å². The Morgan fingerprint density at radius 1 is 1.15 bits per heavy atom. The van der Waals surface area contributed by atoms with Crippen LogP contribution in [0.25, 0.3) is 11.3 Å². The molecule has 5 nitrogen and oxygen atoms in total. The number of amides is 1. The summed E-state index contributed by atoms with van der Waals surface area (Å²) < 4.78 is 10.8. The zero-order valence-corrected chi connectivity index (χ0v) is 15.6. The van der Waals surface area contributed by atoms with Gasteiger partial charge in [0, 0.05) is 10.9 Å². The fraction of sp³-hybridized carbons (Fsp3) is 0.158. The molecule has 0 bridgehead atoms. The molecule has 0 saturated heterocycles. The van der Waals surface area contributed by atoms with Crippen LogP contribution in [-0.2, 0) is 4.79 Å². The number of nitrogens with zero attached hydrogens (tertiary/aromatic N) is 1. The Hall–Kier alpha value is -2.57. The fourth-order valence-corrected chi connectivity index (χ4v) is 3.14. The van der Waals surface area contributed by atoms with Crippen LogP contribution in [0.5, 0.6) is 11.5 Å². The average Bonchev–Trinajstić information content (AvgIpc) is 3.10. The van der Waals surface area contributed by atoms with Crippen molar-refractivity contribution in [2.45, 2.75) is 6.92 Å². The maximum Gasteiger partial charge on any atom is 0.264 e. The molecule has 3 rings (SSSR count). The van der Waals surface area contributed by atoms with E-state index in [4.69, 9.17) is 21.1 Å². The van der Waals surface area contributed by atoms with Crippen molar-refractivity contribution in [1.29, 1.82) is 0 Å². The van der Waals surface area contributed by atoms with Crippen LogP contribution in [0.3, 0.4) is 0 Å². The third kappa shape index (κ3) is 4.74. The Morgan fingerprint density at radius 3 is 2.65 bits per heavy atom. The maximum atomic E-state index is 12.0. The summed E-state index contributed by atoms with van der Waals surface area (Å²) in [6.07, 6.45) is 0. The van der Waals surface area contributed by atoms with Crippen LogP contribution in [0.4, 0.5) is 5.13 Å². The van der Waals surface area contributed by atoms with Crippen LogP contribution >= 0.6 is 22.9 Å². The van der Waals surface area contributed by atoms with E-state index in [1.54, 1.807) is 24.3 Å². The van der Waals surface area contributed by atoms with E-state index < -0.39 is 0 Å². The maximum absolute atomic E-state index is 12.0. The molecule has 0 aliphatic carbocycles. The topological polar surface area (TPSA) is 60.5 Å². The van der Waals surface area contributed by atoms with Crippen LogP contribution < -0.4 is 14.8 Å². The molecule has 3 aromatic rings. The van der Waals surface area contributed by atoms with E-state index in [1.807, 2.05) is 36.6 Å². The van der Waals surface area contributed by atoms with Gasteiger partial charge in [0.2, 0.25) is 0 Å². The van der Waals surface area contributed by atoms with Gasteiger partial charge in [0.25, 0.3) is 5.91 Å². The van der Waals surface area contributed by atoms with Crippen molar-refractivity contribution in [2.24, 2.45) is 0 Å². The smallest absolute Gasteiger partial charge is 0.264 e. The number of aromatic nitrogens is 1. The lowest BCUT2D eigenvalue weighted by Gasteiger charge is -2.07. The fourth-order valence-electron chi connectivity index (χ4n) is 2.21. The number of para-hydroxylation sites is 1. The van der Waals surface area contributed by atoms with Crippen molar-refractivity contribution >= 4 is 34.0 Å². The van der Waals surface area contributed by atoms with E-state index >= 15 is 0 Å². The summed E-state index contributed by atoms with van der Waals surface area (Å²) in [5.41, 5.74) is 1.75. The van der Waals surface area contributed by atoms with Gasteiger partial charge in [-0.15, -0.1) is 11.3 Å². The highest BCUT2D eigenvalue weighted by Gasteiger charge is 2.10. The van der Waals surface area contributed by atoms with E-state index in [9.17, 15) is 4.79 Å². The van der Waals surface area contributed by atoms with Crippen molar-refractivity contribution in [3.8, 4) is 22.8 Å². The van der Waals surface area contributed by atoms with Gasteiger partial charge in [-0.05, 0) is 43.3 Å². The molecular weight excluding hydrogens is 372 g/mol. The van der Waals surface area contributed by atoms with Gasteiger partial charge in [-0.2, -0.15) is 0 Å². The Kier molecular flexibility index (Phi) is 6.09. The zero-order valence-electron chi connectivity index (χ0n) is 14.1. The van der Waals surface area contributed by atoms with Gasteiger partial charge in [-0.1, -0.05) is 23.7 Å². The van der Waals surface area contributed by atoms with Crippen molar-refractivity contribution < 1.29 is 14.3 Å². The van der Waals surface area contributed by atoms with Crippen LogP contribution in [0.1, 0.15) is 6.92 Å². The standard InChI is InChI=1S/C19H17ClN2O3S/c1-2-24-14-9-7-13(8-10-14)16-12-26-19(21-16)22-18(23)11-25-17-6-4-3-5-15(17)20/h3-10,12H,2,11H2,1H3,(H,21,22,23). The molecule has 7 heteroatoms. The summed E-state index contributed by atoms with van der Waals surface area (Å²) in [6.45, 7) is 2.43. The number of halogens is 1. The molecule has 1 amide bonds. The van der Waals surface area contributed by atoms with Crippen LogP contribution in [-0.4, -0.2) is 24.1 Å². The monoisotopic (exact) mass is 388 g/mol. The molecule has 1 aromatic heterocycles. The second kappa shape index (κ2) is 8.69. The van der Waals surface area contributed by atoms with E-state index in [2.05, 4.69) is 10.3 Å². The van der Waals surface area contributed by atoms with E-state index in [1.165, 1.54) is 11.3 Å². The molecule has 0 fully saturated rings. The molecule has 134 valence electrons. The Balaban J connectivity index is 1.57.